The van der Waals surface area contributed by atoms with Crippen LogP contribution < -0.4 is 0 Å². The molecule has 0 radical (unpaired) electrons. The average molecular weight is 407 g/mol. The zero-order valence-corrected chi connectivity index (χ0v) is 18.8. The van der Waals surface area contributed by atoms with Crippen molar-refractivity contribution in [2.24, 2.45) is 0 Å². The second kappa shape index (κ2) is 7.11. The Kier molecular flexibility index (Phi) is 4.52. The van der Waals surface area contributed by atoms with Crippen LogP contribution in [0.25, 0.3) is 42.4 Å². The lowest BCUT2D eigenvalue weighted by atomic mass is 9.76. The maximum Gasteiger partial charge on any atom is 0.0361 e. The van der Waals surface area contributed by atoms with Crippen LogP contribution in [0.2, 0.25) is 0 Å². The second-order valence-corrected chi connectivity index (χ2v) is 10.2. The molecule has 1 aromatic heterocycles. The lowest BCUT2D eigenvalue weighted by Gasteiger charge is -2.27. The third-order valence-corrected chi connectivity index (χ3v) is 6.97. The van der Waals surface area contributed by atoms with E-state index in [1.165, 1.54) is 53.6 Å². The molecule has 148 valence electrons. The monoisotopic (exact) mass is 406 g/mol. The summed E-state index contributed by atoms with van der Waals surface area (Å²) in [6.07, 6.45) is 0. The summed E-state index contributed by atoms with van der Waals surface area (Å²) in [4.78, 5) is 0. The number of fused-ring (bicyclic) bond motifs is 3. The Balaban J connectivity index is 1.88. The maximum atomic E-state index is 2.33. The molecule has 0 aliphatic heterocycles. The molecule has 0 saturated carbocycles. The van der Waals surface area contributed by atoms with Gasteiger partial charge in [-0.25, -0.2) is 0 Å². The minimum Gasteiger partial charge on any atom is -0.135 e. The average Bonchev–Trinajstić information content (AvgIpc) is 3.11. The molecule has 0 aliphatic carbocycles. The lowest BCUT2D eigenvalue weighted by molar-refractivity contribution is 0.594. The highest BCUT2D eigenvalue weighted by Gasteiger charge is 2.24. The van der Waals surface area contributed by atoms with Crippen molar-refractivity contribution in [1.82, 2.24) is 0 Å². The van der Waals surface area contributed by atoms with E-state index in [0.717, 1.165) is 0 Å². The third-order valence-electron chi connectivity index (χ3n) is 5.84. The van der Waals surface area contributed by atoms with Gasteiger partial charge < -0.3 is 0 Å². The molecule has 0 fully saturated rings. The molecular weight excluding hydrogens is 380 g/mol. The first-order valence-corrected chi connectivity index (χ1v) is 11.4. The van der Waals surface area contributed by atoms with Crippen LogP contribution in [0.3, 0.4) is 0 Å². The van der Waals surface area contributed by atoms with Crippen molar-refractivity contribution in [3.63, 3.8) is 0 Å². The zero-order valence-electron chi connectivity index (χ0n) is 18.0. The van der Waals surface area contributed by atoms with Crippen molar-refractivity contribution in [2.75, 3.05) is 0 Å². The van der Waals surface area contributed by atoms with Crippen LogP contribution in [0.5, 0.6) is 0 Å². The number of hydrogen-bond acceptors (Lipinski definition) is 1. The van der Waals surface area contributed by atoms with Crippen molar-refractivity contribution in [3.05, 3.63) is 96.1 Å². The smallest absolute Gasteiger partial charge is 0.0361 e. The number of hydrogen-bond donors (Lipinski definition) is 0. The number of thiophene rings is 1. The van der Waals surface area contributed by atoms with Gasteiger partial charge in [-0.2, -0.15) is 0 Å². The molecule has 0 spiro atoms. The minimum absolute atomic E-state index is 0.0175. The third kappa shape index (κ3) is 3.14. The Morgan fingerprint density at radius 2 is 1.30 bits per heavy atom. The molecule has 0 bridgehead atoms. The highest BCUT2D eigenvalue weighted by Crippen LogP contribution is 2.45. The predicted molar refractivity (Wildman–Crippen MR) is 134 cm³/mol. The first-order chi connectivity index (χ1) is 14.4. The van der Waals surface area contributed by atoms with Gasteiger partial charge in [-0.05, 0) is 52.3 Å². The molecule has 0 saturated heterocycles. The van der Waals surface area contributed by atoms with Crippen molar-refractivity contribution >= 4 is 31.5 Å². The van der Waals surface area contributed by atoms with Crippen LogP contribution in [0.15, 0.2) is 84.9 Å². The largest absolute Gasteiger partial charge is 0.135 e. The summed E-state index contributed by atoms with van der Waals surface area (Å²) in [5.74, 6) is 0. The summed E-state index contributed by atoms with van der Waals surface area (Å²) in [6, 6.07) is 31.2. The van der Waals surface area contributed by atoms with Gasteiger partial charge in [-0.15, -0.1) is 11.3 Å². The molecule has 5 rings (SSSR count). The van der Waals surface area contributed by atoms with Crippen LogP contribution in [-0.2, 0) is 5.41 Å². The normalized spacial score (nSPS) is 12.0. The predicted octanol–water partition coefficient (Wildman–Crippen LogP) is 8.99. The van der Waals surface area contributed by atoms with Gasteiger partial charge in [0.05, 0.1) is 0 Å². The fraction of sp³-hybridized carbons (Fsp3) is 0.172. The number of benzene rings is 4. The molecule has 1 heterocycles. The highest BCUT2D eigenvalue weighted by molar-refractivity contribution is 7.25. The van der Waals surface area contributed by atoms with Crippen molar-refractivity contribution in [3.8, 4) is 22.3 Å². The van der Waals surface area contributed by atoms with E-state index in [4.69, 9.17) is 0 Å². The van der Waals surface area contributed by atoms with E-state index < -0.39 is 0 Å². The minimum atomic E-state index is 0.0175. The van der Waals surface area contributed by atoms with Crippen molar-refractivity contribution in [2.45, 2.75) is 33.1 Å². The molecule has 4 aromatic carbocycles. The van der Waals surface area contributed by atoms with Crippen LogP contribution >= 0.6 is 11.3 Å². The van der Waals surface area contributed by atoms with Gasteiger partial charge in [0, 0.05) is 20.2 Å². The fourth-order valence-electron chi connectivity index (χ4n) is 4.64. The first kappa shape index (κ1) is 19.1. The molecular formula is C29H26S. The van der Waals surface area contributed by atoms with Gasteiger partial charge in [0.15, 0.2) is 0 Å². The van der Waals surface area contributed by atoms with Crippen LogP contribution in [0, 0.1) is 6.92 Å². The lowest BCUT2D eigenvalue weighted by Crippen LogP contribution is -2.14. The maximum absolute atomic E-state index is 2.33. The van der Waals surface area contributed by atoms with E-state index in [2.05, 4.69) is 113 Å². The molecule has 0 amide bonds. The quantitative estimate of drug-likeness (QED) is 0.274. The van der Waals surface area contributed by atoms with Gasteiger partial charge in [0.2, 0.25) is 0 Å². The molecule has 0 nitrogen and oxygen atoms in total. The Bertz CT molecular complexity index is 1380. The van der Waals surface area contributed by atoms with E-state index in [1.54, 1.807) is 0 Å². The Morgan fingerprint density at radius 1 is 0.633 bits per heavy atom. The van der Waals surface area contributed by atoms with Gasteiger partial charge in [-0.3, -0.25) is 0 Å². The van der Waals surface area contributed by atoms with E-state index >= 15 is 0 Å². The summed E-state index contributed by atoms with van der Waals surface area (Å²) in [7, 11) is 0. The van der Waals surface area contributed by atoms with Gasteiger partial charge in [-0.1, -0.05) is 99.1 Å². The SMILES string of the molecule is Cc1cccc(-c2cccc(-c3cccc4sc5ccccc5c34)c2C(C)(C)C)c1. The fourth-order valence-corrected chi connectivity index (χ4v) is 5.77. The van der Waals surface area contributed by atoms with Gasteiger partial charge in [0.25, 0.3) is 0 Å². The van der Waals surface area contributed by atoms with E-state index in [1.807, 2.05) is 11.3 Å². The first-order valence-electron chi connectivity index (χ1n) is 10.5. The summed E-state index contributed by atoms with van der Waals surface area (Å²) in [5, 5.41) is 2.74. The van der Waals surface area contributed by atoms with Crippen LogP contribution in [0.4, 0.5) is 0 Å². The molecule has 1 heteroatoms. The Labute approximate surface area is 182 Å². The molecule has 5 aromatic rings. The van der Waals surface area contributed by atoms with E-state index in [9.17, 15) is 0 Å². The second-order valence-electron chi connectivity index (χ2n) is 9.12. The summed E-state index contributed by atoms with van der Waals surface area (Å²) >= 11 is 1.89. The summed E-state index contributed by atoms with van der Waals surface area (Å²) in [6.45, 7) is 9.16. The highest BCUT2D eigenvalue weighted by atomic mass is 32.1. The summed E-state index contributed by atoms with van der Waals surface area (Å²) < 4.78 is 2.71. The zero-order chi connectivity index (χ0) is 20.9. The van der Waals surface area contributed by atoms with Gasteiger partial charge in [0.1, 0.15) is 0 Å². The number of aryl methyl sites for hydroxylation is 1. The van der Waals surface area contributed by atoms with E-state index in [-0.39, 0.29) is 5.41 Å². The van der Waals surface area contributed by atoms with E-state index in [0.29, 0.717) is 0 Å². The molecule has 30 heavy (non-hydrogen) atoms. The van der Waals surface area contributed by atoms with Crippen LogP contribution in [-0.4, -0.2) is 0 Å². The standard InChI is InChI=1S/C29H26S/c1-19-10-7-11-20(18-19)21-13-8-15-23(28(21)29(2,3)4)22-14-9-17-26-27(22)24-12-5-6-16-25(24)30-26/h5-18H,1-4H3. The topological polar surface area (TPSA) is 0 Å². The van der Waals surface area contributed by atoms with Crippen molar-refractivity contribution in [1.29, 1.82) is 0 Å². The van der Waals surface area contributed by atoms with Crippen molar-refractivity contribution < 1.29 is 0 Å². The molecule has 0 unspecified atom stereocenters. The summed E-state index contributed by atoms with van der Waals surface area (Å²) in [5.41, 5.74) is 8.04. The van der Waals surface area contributed by atoms with Gasteiger partial charge >= 0.3 is 0 Å². The molecule has 0 N–H and O–H groups in total. The number of rotatable bonds is 2. The Hall–Kier alpha value is -2.90. The molecule has 0 aliphatic rings. The Morgan fingerprint density at radius 3 is 2.10 bits per heavy atom. The molecule has 0 atom stereocenters. The van der Waals surface area contributed by atoms with Crippen LogP contribution in [0.1, 0.15) is 31.9 Å².